The molecule has 0 aliphatic carbocycles. The van der Waals surface area contributed by atoms with E-state index in [9.17, 15) is 0 Å². The molecule has 1 aliphatic rings. The molecule has 1 aromatic heterocycles. The van der Waals surface area contributed by atoms with Crippen LogP contribution in [0.4, 0.5) is 0 Å². The Morgan fingerprint density at radius 3 is 2.67 bits per heavy atom. The SMILES string of the molecule is CC(C)NCC1CCN(Cc2ccc(Br)s2)CC1. The maximum absolute atomic E-state index is 3.56. The number of nitrogens with one attached hydrogen (secondary N) is 1. The molecule has 2 rings (SSSR count). The van der Waals surface area contributed by atoms with Gasteiger partial charge in [-0.25, -0.2) is 0 Å². The highest BCUT2D eigenvalue weighted by Gasteiger charge is 2.19. The van der Waals surface area contributed by atoms with Gasteiger partial charge in [0, 0.05) is 17.5 Å². The van der Waals surface area contributed by atoms with Gasteiger partial charge in [0.2, 0.25) is 0 Å². The molecule has 18 heavy (non-hydrogen) atoms. The van der Waals surface area contributed by atoms with E-state index in [1.807, 2.05) is 11.3 Å². The van der Waals surface area contributed by atoms with Gasteiger partial charge >= 0.3 is 0 Å². The van der Waals surface area contributed by atoms with Crippen molar-refractivity contribution in [3.63, 3.8) is 0 Å². The summed E-state index contributed by atoms with van der Waals surface area (Å²) < 4.78 is 1.24. The lowest BCUT2D eigenvalue weighted by atomic mass is 9.96. The summed E-state index contributed by atoms with van der Waals surface area (Å²) in [6.07, 6.45) is 2.68. The van der Waals surface area contributed by atoms with Crippen LogP contribution in [0.25, 0.3) is 0 Å². The molecule has 0 unspecified atom stereocenters. The third-order valence-corrected chi connectivity index (χ3v) is 5.14. The van der Waals surface area contributed by atoms with E-state index in [2.05, 4.69) is 52.1 Å². The lowest BCUT2D eigenvalue weighted by Gasteiger charge is -2.32. The summed E-state index contributed by atoms with van der Waals surface area (Å²) in [4.78, 5) is 4.06. The molecule has 1 saturated heterocycles. The zero-order valence-electron chi connectivity index (χ0n) is 11.3. The zero-order chi connectivity index (χ0) is 13.0. The van der Waals surface area contributed by atoms with Gasteiger partial charge in [-0.3, -0.25) is 4.90 Å². The first-order valence-electron chi connectivity index (χ1n) is 6.83. The van der Waals surface area contributed by atoms with E-state index >= 15 is 0 Å². The predicted octanol–water partition coefficient (Wildman–Crippen LogP) is 3.72. The summed E-state index contributed by atoms with van der Waals surface area (Å²) in [6, 6.07) is 5.01. The lowest BCUT2D eigenvalue weighted by molar-refractivity contribution is 0.175. The van der Waals surface area contributed by atoms with Crippen LogP contribution in [0.3, 0.4) is 0 Å². The number of nitrogens with zero attached hydrogens (tertiary/aromatic N) is 1. The second kappa shape index (κ2) is 7.04. The Labute approximate surface area is 123 Å². The molecule has 0 saturated carbocycles. The Kier molecular flexibility index (Phi) is 5.67. The highest BCUT2D eigenvalue weighted by atomic mass is 79.9. The van der Waals surface area contributed by atoms with Gasteiger partial charge in [0.15, 0.2) is 0 Å². The lowest BCUT2D eigenvalue weighted by Crippen LogP contribution is -2.38. The number of hydrogen-bond donors (Lipinski definition) is 1. The first-order chi connectivity index (χ1) is 8.63. The third kappa shape index (κ3) is 4.65. The second-order valence-corrected chi connectivity index (χ2v) is 8.04. The van der Waals surface area contributed by atoms with Gasteiger partial charge in [0.05, 0.1) is 3.79 Å². The Balaban J connectivity index is 1.70. The number of halogens is 1. The van der Waals surface area contributed by atoms with E-state index in [0.717, 1.165) is 12.5 Å². The highest BCUT2D eigenvalue weighted by Crippen LogP contribution is 2.25. The highest BCUT2D eigenvalue weighted by molar-refractivity contribution is 9.11. The molecule has 2 nitrogen and oxygen atoms in total. The molecule has 0 bridgehead atoms. The minimum atomic E-state index is 0.617. The van der Waals surface area contributed by atoms with Gasteiger partial charge in [-0.05, 0) is 66.5 Å². The van der Waals surface area contributed by atoms with E-state index in [0.29, 0.717) is 6.04 Å². The van der Waals surface area contributed by atoms with Gasteiger partial charge in [0.25, 0.3) is 0 Å². The van der Waals surface area contributed by atoms with Crippen LogP contribution in [0.5, 0.6) is 0 Å². The van der Waals surface area contributed by atoms with E-state index in [1.54, 1.807) is 0 Å². The molecule has 0 aromatic carbocycles. The van der Waals surface area contributed by atoms with E-state index in [1.165, 1.54) is 41.1 Å². The second-order valence-electron chi connectivity index (χ2n) is 5.49. The number of thiophene rings is 1. The summed E-state index contributed by atoms with van der Waals surface area (Å²) in [5.41, 5.74) is 0. The minimum Gasteiger partial charge on any atom is -0.314 e. The maximum Gasteiger partial charge on any atom is 0.0701 e. The largest absolute Gasteiger partial charge is 0.314 e. The normalized spacial score (nSPS) is 18.7. The molecule has 1 N–H and O–H groups in total. The Bertz CT molecular complexity index is 356. The van der Waals surface area contributed by atoms with Crippen LogP contribution < -0.4 is 5.32 Å². The van der Waals surface area contributed by atoms with Crippen molar-refractivity contribution in [3.05, 3.63) is 20.8 Å². The van der Waals surface area contributed by atoms with Gasteiger partial charge in [-0.1, -0.05) is 13.8 Å². The summed E-state index contributed by atoms with van der Waals surface area (Å²) in [7, 11) is 0. The summed E-state index contributed by atoms with van der Waals surface area (Å²) in [6.45, 7) is 9.27. The smallest absolute Gasteiger partial charge is 0.0701 e. The molecular weight excluding hydrogens is 308 g/mol. The van der Waals surface area contributed by atoms with Crippen molar-refractivity contribution >= 4 is 27.3 Å². The summed E-state index contributed by atoms with van der Waals surface area (Å²) >= 11 is 5.39. The van der Waals surface area contributed by atoms with E-state index in [-0.39, 0.29) is 0 Å². The van der Waals surface area contributed by atoms with Crippen molar-refractivity contribution in [3.8, 4) is 0 Å². The van der Waals surface area contributed by atoms with Gasteiger partial charge in [-0.15, -0.1) is 11.3 Å². The van der Waals surface area contributed by atoms with Crippen molar-refractivity contribution in [1.29, 1.82) is 0 Å². The topological polar surface area (TPSA) is 15.3 Å². The molecule has 0 amide bonds. The Morgan fingerprint density at radius 2 is 2.11 bits per heavy atom. The van der Waals surface area contributed by atoms with Crippen molar-refractivity contribution in [2.45, 2.75) is 39.3 Å². The van der Waals surface area contributed by atoms with Crippen LogP contribution in [0.15, 0.2) is 15.9 Å². The number of likely N-dealkylation sites (tertiary alicyclic amines) is 1. The fourth-order valence-electron chi connectivity index (χ4n) is 2.41. The van der Waals surface area contributed by atoms with Gasteiger partial charge in [0.1, 0.15) is 0 Å². The van der Waals surface area contributed by atoms with Crippen molar-refractivity contribution in [2.24, 2.45) is 5.92 Å². The van der Waals surface area contributed by atoms with Gasteiger partial charge in [-0.2, -0.15) is 0 Å². The van der Waals surface area contributed by atoms with Gasteiger partial charge < -0.3 is 5.32 Å². The van der Waals surface area contributed by atoms with Crippen LogP contribution in [-0.2, 0) is 6.54 Å². The maximum atomic E-state index is 3.56. The van der Waals surface area contributed by atoms with Crippen molar-refractivity contribution in [1.82, 2.24) is 10.2 Å². The van der Waals surface area contributed by atoms with Crippen LogP contribution in [0.1, 0.15) is 31.6 Å². The standard InChI is InChI=1S/C14H23BrN2S/c1-11(2)16-9-12-5-7-17(8-6-12)10-13-3-4-14(15)18-13/h3-4,11-12,16H,5-10H2,1-2H3. The molecule has 102 valence electrons. The summed E-state index contributed by atoms with van der Waals surface area (Å²) in [5, 5.41) is 3.56. The quantitative estimate of drug-likeness (QED) is 0.885. The van der Waals surface area contributed by atoms with Crippen molar-refractivity contribution < 1.29 is 0 Å². The minimum absolute atomic E-state index is 0.617. The van der Waals surface area contributed by atoms with Crippen molar-refractivity contribution in [2.75, 3.05) is 19.6 Å². The molecule has 1 fully saturated rings. The average molecular weight is 331 g/mol. The van der Waals surface area contributed by atoms with E-state index < -0.39 is 0 Å². The molecule has 1 aliphatic heterocycles. The Hall–Kier alpha value is 0.1000. The van der Waals surface area contributed by atoms with Crippen LogP contribution in [-0.4, -0.2) is 30.6 Å². The van der Waals surface area contributed by atoms with Crippen LogP contribution in [0, 0.1) is 5.92 Å². The van der Waals surface area contributed by atoms with Crippen LogP contribution >= 0.6 is 27.3 Å². The predicted molar refractivity (Wildman–Crippen MR) is 83.2 cm³/mol. The molecule has 0 radical (unpaired) electrons. The summed E-state index contributed by atoms with van der Waals surface area (Å²) in [5.74, 6) is 0.874. The number of hydrogen-bond acceptors (Lipinski definition) is 3. The molecule has 1 aromatic rings. The molecule has 0 spiro atoms. The first kappa shape index (κ1) is 14.5. The first-order valence-corrected chi connectivity index (χ1v) is 8.44. The fourth-order valence-corrected chi connectivity index (χ4v) is 3.93. The third-order valence-electron chi connectivity index (χ3n) is 3.53. The molecule has 4 heteroatoms. The average Bonchev–Trinajstić information content (AvgIpc) is 2.74. The Morgan fingerprint density at radius 1 is 1.39 bits per heavy atom. The van der Waals surface area contributed by atoms with Crippen LogP contribution in [0.2, 0.25) is 0 Å². The number of rotatable bonds is 5. The van der Waals surface area contributed by atoms with E-state index in [4.69, 9.17) is 0 Å². The molecular formula is C14H23BrN2S. The molecule has 0 atom stereocenters. The fraction of sp³-hybridized carbons (Fsp3) is 0.714. The monoisotopic (exact) mass is 330 g/mol. The zero-order valence-corrected chi connectivity index (χ0v) is 13.7. The molecule has 2 heterocycles. The number of piperidine rings is 1.